The van der Waals surface area contributed by atoms with Crippen molar-refractivity contribution >= 4 is 46.3 Å². The molecule has 0 bridgehead atoms. The lowest BCUT2D eigenvalue weighted by Crippen LogP contribution is -2.39. The summed E-state index contributed by atoms with van der Waals surface area (Å²) in [7, 11) is 1.52. The largest absolute Gasteiger partial charge is 0.493 e. The van der Waals surface area contributed by atoms with Crippen LogP contribution in [0, 0.1) is 6.92 Å². The average Bonchev–Trinajstić information content (AvgIpc) is 3.07. The fraction of sp³-hybridized carbons (Fsp3) is 0.320. The second-order valence-electron chi connectivity index (χ2n) is 8.01. The molecule has 7 heteroatoms. The van der Waals surface area contributed by atoms with Crippen molar-refractivity contribution in [2.45, 2.75) is 45.1 Å². The molecule has 1 heterocycles. The van der Waals surface area contributed by atoms with Crippen LogP contribution < -0.4 is 9.47 Å². The fourth-order valence-electron chi connectivity index (χ4n) is 4.07. The molecule has 1 amide bonds. The molecule has 0 atom stereocenters. The second kappa shape index (κ2) is 9.88. The molecule has 0 aromatic heterocycles. The van der Waals surface area contributed by atoms with Crippen LogP contribution in [0.4, 0.5) is 0 Å². The van der Waals surface area contributed by atoms with Gasteiger partial charge in [-0.3, -0.25) is 9.69 Å². The van der Waals surface area contributed by atoms with Crippen LogP contribution in [0.5, 0.6) is 11.5 Å². The molecule has 2 aromatic rings. The molecule has 0 radical (unpaired) electrons. The van der Waals surface area contributed by atoms with Crippen molar-refractivity contribution in [1.82, 2.24) is 4.90 Å². The number of aryl methyl sites for hydroxylation is 1. The number of hydrogen-bond donors (Lipinski definition) is 0. The van der Waals surface area contributed by atoms with Crippen LogP contribution in [0.25, 0.3) is 6.08 Å². The second-order valence-corrected chi connectivity index (χ2v) is 9.69. The number of esters is 1. The third-order valence-electron chi connectivity index (χ3n) is 5.71. The van der Waals surface area contributed by atoms with Crippen LogP contribution in [0.3, 0.4) is 0 Å². The number of carbonyl (C=O) groups is 2. The van der Waals surface area contributed by atoms with Crippen molar-refractivity contribution < 1.29 is 19.1 Å². The van der Waals surface area contributed by atoms with Crippen molar-refractivity contribution in [2.75, 3.05) is 7.11 Å². The highest BCUT2D eigenvalue weighted by Crippen LogP contribution is 2.38. The lowest BCUT2D eigenvalue weighted by molar-refractivity contribution is -0.124. The number of amides is 1. The number of benzene rings is 2. The van der Waals surface area contributed by atoms with E-state index in [9.17, 15) is 9.59 Å². The monoisotopic (exact) mass is 467 g/mol. The van der Waals surface area contributed by atoms with Gasteiger partial charge in [0.05, 0.1) is 17.6 Å². The van der Waals surface area contributed by atoms with Gasteiger partial charge in [-0.25, -0.2) is 4.79 Å². The lowest BCUT2D eigenvalue weighted by Gasteiger charge is -2.29. The number of nitrogens with zero attached hydrogens (tertiary/aromatic N) is 1. The van der Waals surface area contributed by atoms with Gasteiger partial charge in [0.25, 0.3) is 5.91 Å². The Hall–Kier alpha value is -2.64. The highest BCUT2D eigenvalue weighted by molar-refractivity contribution is 8.26. The molecular weight excluding hydrogens is 442 g/mol. The van der Waals surface area contributed by atoms with E-state index in [1.807, 2.05) is 25.1 Å². The maximum atomic E-state index is 13.0. The summed E-state index contributed by atoms with van der Waals surface area (Å²) in [6, 6.07) is 12.7. The van der Waals surface area contributed by atoms with Gasteiger partial charge in [-0.1, -0.05) is 67.0 Å². The molecule has 2 aromatic carbocycles. The molecule has 2 fully saturated rings. The maximum absolute atomic E-state index is 13.0. The van der Waals surface area contributed by atoms with Gasteiger partial charge in [0.2, 0.25) is 0 Å². The van der Waals surface area contributed by atoms with E-state index in [1.54, 1.807) is 35.2 Å². The minimum absolute atomic E-state index is 0.0270. The van der Waals surface area contributed by atoms with E-state index in [2.05, 4.69) is 0 Å². The van der Waals surface area contributed by atoms with Gasteiger partial charge in [0, 0.05) is 6.04 Å². The lowest BCUT2D eigenvalue weighted by atomic mass is 9.94. The number of ether oxygens (including phenoxy) is 2. The van der Waals surface area contributed by atoms with Crippen molar-refractivity contribution in [1.29, 1.82) is 0 Å². The zero-order chi connectivity index (χ0) is 22.7. The van der Waals surface area contributed by atoms with Gasteiger partial charge in [0.1, 0.15) is 4.32 Å². The van der Waals surface area contributed by atoms with E-state index in [4.69, 9.17) is 21.7 Å². The summed E-state index contributed by atoms with van der Waals surface area (Å²) in [6.07, 6.45) is 7.34. The Labute approximate surface area is 197 Å². The van der Waals surface area contributed by atoms with Crippen LogP contribution in [-0.2, 0) is 4.79 Å². The van der Waals surface area contributed by atoms with Gasteiger partial charge in [-0.2, -0.15) is 0 Å². The summed E-state index contributed by atoms with van der Waals surface area (Å²) in [5.74, 6) is 0.266. The summed E-state index contributed by atoms with van der Waals surface area (Å²) in [5, 5.41) is 0. The molecule has 0 spiro atoms. The highest BCUT2D eigenvalue weighted by Gasteiger charge is 2.37. The Morgan fingerprint density at radius 2 is 1.91 bits per heavy atom. The van der Waals surface area contributed by atoms with Crippen LogP contribution in [-0.4, -0.2) is 34.2 Å². The Morgan fingerprint density at radius 1 is 1.12 bits per heavy atom. The molecule has 0 unspecified atom stereocenters. The van der Waals surface area contributed by atoms with E-state index in [-0.39, 0.29) is 11.9 Å². The van der Waals surface area contributed by atoms with Gasteiger partial charge < -0.3 is 9.47 Å². The first-order chi connectivity index (χ1) is 15.5. The van der Waals surface area contributed by atoms with Gasteiger partial charge >= 0.3 is 5.97 Å². The Balaban J connectivity index is 1.52. The van der Waals surface area contributed by atoms with E-state index >= 15 is 0 Å². The zero-order valence-electron chi connectivity index (χ0n) is 18.1. The normalized spacial score (nSPS) is 18.3. The molecule has 4 rings (SSSR count). The molecular formula is C25H25NO4S2. The SMILES string of the molecule is COc1cc(C=C2SC(=S)N(C3CCCCC3)C2=O)ccc1OC(=O)c1cccc(C)c1. The molecule has 2 aliphatic rings. The molecule has 1 aliphatic heterocycles. The Bertz CT molecular complexity index is 1090. The number of thioether (sulfide) groups is 1. The number of rotatable bonds is 5. The first kappa shape index (κ1) is 22.6. The van der Waals surface area contributed by atoms with Crippen LogP contribution >= 0.6 is 24.0 Å². The van der Waals surface area contributed by atoms with Crippen molar-refractivity contribution in [2.24, 2.45) is 0 Å². The maximum Gasteiger partial charge on any atom is 0.343 e. The predicted octanol–water partition coefficient (Wildman–Crippen LogP) is 5.76. The molecule has 32 heavy (non-hydrogen) atoms. The van der Waals surface area contributed by atoms with Gasteiger partial charge in [0.15, 0.2) is 11.5 Å². The topological polar surface area (TPSA) is 55.8 Å². The Morgan fingerprint density at radius 3 is 2.62 bits per heavy atom. The minimum atomic E-state index is -0.451. The van der Waals surface area contributed by atoms with Gasteiger partial charge in [-0.15, -0.1) is 0 Å². The number of carbonyl (C=O) groups excluding carboxylic acids is 2. The van der Waals surface area contributed by atoms with Crippen molar-refractivity contribution in [3.8, 4) is 11.5 Å². The summed E-state index contributed by atoms with van der Waals surface area (Å²) < 4.78 is 11.6. The standard InChI is InChI=1S/C25H25NO4S2/c1-16-7-6-8-18(13-16)24(28)30-20-12-11-17(14-21(20)29-2)15-22-23(27)26(25(31)32-22)19-9-4-3-5-10-19/h6-8,11-15,19H,3-5,9-10H2,1-2H3. The van der Waals surface area contributed by atoms with E-state index < -0.39 is 5.97 Å². The van der Waals surface area contributed by atoms with Crippen LogP contribution in [0.15, 0.2) is 47.4 Å². The molecule has 0 N–H and O–H groups in total. The smallest absolute Gasteiger partial charge is 0.343 e. The Kier molecular flexibility index (Phi) is 6.96. The van der Waals surface area contributed by atoms with E-state index in [0.29, 0.717) is 26.3 Å². The fourth-order valence-corrected chi connectivity index (χ4v) is 5.47. The van der Waals surface area contributed by atoms with Crippen molar-refractivity contribution in [3.63, 3.8) is 0 Å². The zero-order valence-corrected chi connectivity index (χ0v) is 19.8. The molecule has 166 valence electrons. The van der Waals surface area contributed by atoms with E-state index in [0.717, 1.165) is 36.8 Å². The quantitative estimate of drug-likeness (QED) is 0.241. The van der Waals surface area contributed by atoms with E-state index in [1.165, 1.54) is 25.3 Å². The predicted molar refractivity (Wildman–Crippen MR) is 131 cm³/mol. The summed E-state index contributed by atoms with van der Waals surface area (Å²) >= 11 is 6.85. The third-order valence-corrected chi connectivity index (χ3v) is 7.04. The first-order valence-corrected chi connectivity index (χ1v) is 11.9. The first-order valence-electron chi connectivity index (χ1n) is 10.7. The molecule has 5 nitrogen and oxygen atoms in total. The summed E-state index contributed by atoms with van der Waals surface area (Å²) in [6.45, 7) is 1.92. The van der Waals surface area contributed by atoms with Crippen LogP contribution in [0.2, 0.25) is 0 Å². The third kappa shape index (κ3) is 4.89. The molecule has 1 saturated carbocycles. The molecule has 1 saturated heterocycles. The summed E-state index contributed by atoms with van der Waals surface area (Å²) in [5.41, 5.74) is 2.23. The average molecular weight is 468 g/mol. The number of hydrogen-bond acceptors (Lipinski definition) is 6. The van der Waals surface area contributed by atoms with Crippen molar-refractivity contribution in [3.05, 3.63) is 64.1 Å². The van der Waals surface area contributed by atoms with Crippen LogP contribution in [0.1, 0.15) is 53.6 Å². The molecule has 1 aliphatic carbocycles. The van der Waals surface area contributed by atoms with Gasteiger partial charge in [-0.05, 0) is 55.7 Å². The number of thiocarbonyl (C=S) groups is 1. The minimum Gasteiger partial charge on any atom is -0.493 e. The highest BCUT2D eigenvalue weighted by atomic mass is 32.2. The number of methoxy groups -OCH3 is 1. The summed E-state index contributed by atoms with van der Waals surface area (Å²) in [4.78, 5) is 27.9.